The molecular weight excluding hydrogens is 893 g/mol. The Balaban J connectivity index is 1.49. The fourth-order valence-corrected chi connectivity index (χ4v) is 7.10. The minimum Gasteiger partial charge on any atom is -0.507 e. The second kappa shape index (κ2) is 19.5. The van der Waals surface area contributed by atoms with E-state index in [-0.39, 0.29) is 22.8 Å². The van der Waals surface area contributed by atoms with E-state index >= 15 is 0 Å². The molecule has 0 aliphatic carbocycles. The van der Waals surface area contributed by atoms with E-state index in [9.17, 15) is 70.3 Å². The number of fused-ring (bicyclic) bond motifs is 1. The quantitative estimate of drug-likeness (QED) is 0.0650. The molecule has 2 saturated heterocycles. The first-order valence-corrected chi connectivity index (χ1v) is 22.8. The fourth-order valence-electron chi connectivity index (χ4n) is 6.22. The molecule has 2 aromatic carbocycles. The van der Waals surface area contributed by atoms with Crippen LogP contribution in [0.5, 0.6) is 28.7 Å². The highest BCUT2D eigenvalue weighted by molar-refractivity contribution is 7.86. The summed E-state index contributed by atoms with van der Waals surface area (Å²) in [6.45, 7) is -1.32. The second-order valence-corrected chi connectivity index (χ2v) is 18.6. The van der Waals surface area contributed by atoms with Crippen LogP contribution in [0.4, 0.5) is 0 Å². The van der Waals surface area contributed by atoms with Gasteiger partial charge >= 0.3 is 0 Å². The molecule has 3 aliphatic heterocycles. The van der Waals surface area contributed by atoms with Crippen LogP contribution in [0, 0.1) is 0 Å². The van der Waals surface area contributed by atoms with Gasteiger partial charge in [-0.3, -0.25) is 18.5 Å². The Labute approximate surface area is 347 Å². The summed E-state index contributed by atoms with van der Waals surface area (Å²) in [5.74, 6) is -5.82. The molecule has 0 bridgehead atoms. The van der Waals surface area contributed by atoms with Crippen LogP contribution in [0.3, 0.4) is 0 Å². The maximum Gasteiger partial charge on any atom is 0.268 e. The van der Waals surface area contributed by atoms with E-state index in [1.807, 2.05) is 0 Å². The SMILES string of the molecule is CC1O[C@H](OC[C@H]2O[C@@H](OC3C(=O)c4c(O)cc(OCCS(=O)(=O)O)cc4OC3c3ccc(OCCS(=O)(=O)O)c(OCCS(=O)(=O)O)c3)C(O)[C@@H](O)C2O)[C@H](O)[C@H](O)C1O. The Bertz CT molecular complexity index is 2200. The molecule has 61 heavy (non-hydrogen) atoms. The number of carbonyl (C=O) groups excluding carboxylic acids is 1. The van der Waals surface area contributed by atoms with E-state index in [2.05, 4.69) is 0 Å². The van der Waals surface area contributed by atoms with Gasteiger partial charge in [0.1, 0.15) is 103 Å². The van der Waals surface area contributed by atoms with Crippen LogP contribution in [0.25, 0.3) is 0 Å². The summed E-state index contributed by atoms with van der Waals surface area (Å²) in [4.78, 5) is 14.3. The normalized spacial score (nSPS) is 30.9. The molecule has 25 nitrogen and oxygen atoms in total. The van der Waals surface area contributed by atoms with Gasteiger partial charge in [-0.25, -0.2) is 0 Å². The first-order chi connectivity index (χ1) is 28.3. The van der Waals surface area contributed by atoms with Crippen LogP contribution in [0.2, 0.25) is 0 Å². The zero-order chi connectivity index (χ0) is 45.2. The highest BCUT2D eigenvalue weighted by Gasteiger charge is 2.50. The molecule has 0 saturated carbocycles. The molecule has 0 radical (unpaired) electrons. The summed E-state index contributed by atoms with van der Waals surface area (Å²) in [6.07, 6.45) is -21.0. The van der Waals surface area contributed by atoms with Crippen molar-refractivity contribution in [1.29, 1.82) is 0 Å². The number of benzene rings is 2. The van der Waals surface area contributed by atoms with Crippen LogP contribution < -0.4 is 18.9 Å². The number of aliphatic hydroxyl groups excluding tert-OH is 6. The predicted octanol–water partition coefficient (Wildman–Crippen LogP) is -3.45. The van der Waals surface area contributed by atoms with Crippen molar-refractivity contribution in [2.75, 3.05) is 43.7 Å². The van der Waals surface area contributed by atoms with Crippen molar-refractivity contribution in [3.8, 4) is 28.7 Å². The van der Waals surface area contributed by atoms with Gasteiger partial charge in [-0.05, 0) is 24.6 Å². The number of ether oxygens (including phenoxy) is 8. The fraction of sp³-hybridized carbons (Fsp3) is 0.606. The summed E-state index contributed by atoms with van der Waals surface area (Å²) in [5, 5.41) is 74.0. The van der Waals surface area contributed by atoms with Crippen molar-refractivity contribution < 1.29 is 117 Å². The van der Waals surface area contributed by atoms with Crippen LogP contribution in [-0.4, -0.2) is 192 Å². The van der Waals surface area contributed by atoms with Gasteiger partial charge in [-0.2, -0.15) is 25.3 Å². The van der Waals surface area contributed by atoms with Crippen molar-refractivity contribution >= 4 is 36.1 Å². The molecule has 6 unspecified atom stereocenters. The van der Waals surface area contributed by atoms with E-state index in [1.54, 1.807) is 0 Å². The molecular formula is C33H44O25S3. The van der Waals surface area contributed by atoms with Gasteiger partial charge in [-0.15, -0.1) is 0 Å². The van der Waals surface area contributed by atoms with Gasteiger partial charge in [0.05, 0.1) is 12.7 Å². The van der Waals surface area contributed by atoms with E-state index in [0.29, 0.717) is 0 Å². The summed E-state index contributed by atoms with van der Waals surface area (Å²) < 4.78 is 140. The molecule has 0 aromatic heterocycles. The average molecular weight is 937 g/mol. The minimum absolute atomic E-state index is 0.0887. The molecule has 0 amide bonds. The first kappa shape index (κ1) is 48.5. The third-order valence-electron chi connectivity index (χ3n) is 9.37. The molecule has 344 valence electrons. The lowest BCUT2D eigenvalue weighted by atomic mass is 9.92. The number of hydrogen-bond acceptors (Lipinski definition) is 22. The molecule has 3 heterocycles. The van der Waals surface area contributed by atoms with Crippen molar-refractivity contribution in [2.24, 2.45) is 0 Å². The highest BCUT2D eigenvalue weighted by atomic mass is 32.2. The van der Waals surface area contributed by atoms with Crippen LogP contribution >= 0.6 is 0 Å². The van der Waals surface area contributed by atoms with Gasteiger partial charge in [0.15, 0.2) is 36.3 Å². The highest BCUT2D eigenvalue weighted by Crippen LogP contribution is 2.45. The lowest BCUT2D eigenvalue weighted by molar-refractivity contribution is -0.333. The molecule has 2 fully saturated rings. The lowest BCUT2D eigenvalue weighted by Crippen LogP contribution is -2.62. The minimum atomic E-state index is -4.58. The Morgan fingerprint density at radius 2 is 1.21 bits per heavy atom. The van der Waals surface area contributed by atoms with Crippen molar-refractivity contribution in [1.82, 2.24) is 0 Å². The zero-order valence-electron chi connectivity index (χ0n) is 31.6. The number of ketones is 1. The molecule has 12 atom stereocenters. The number of Topliss-reactive ketones (excluding diaryl/α,β-unsaturated/α-hetero) is 1. The lowest BCUT2D eigenvalue weighted by Gasteiger charge is -2.44. The number of hydrogen-bond donors (Lipinski definition) is 10. The maximum absolute atomic E-state index is 14.3. The van der Waals surface area contributed by atoms with Crippen molar-refractivity contribution in [3.63, 3.8) is 0 Å². The van der Waals surface area contributed by atoms with E-state index in [1.165, 1.54) is 13.0 Å². The predicted molar refractivity (Wildman–Crippen MR) is 198 cm³/mol. The van der Waals surface area contributed by atoms with Gasteiger partial charge < -0.3 is 73.6 Å². The third-order valence-corrected chi connectivity index (χ3v) is 11.4. The number of rotatable bonds is 18. The standard InChI is InChI=1S/C33H44O25S3/c1-14-23(35)26(38)28(40)32(55-14)54-13-21-24(36)27(39)29(41)33(57-21)58-31-25(37)22-17(34)11-16(51-4-7-59(42,43)44)12-20(22)56-30(31)15-2-3-18(52-5-8-60(45,46)47)19(10-15)53-6-9-61(48,49)50/h2-3,10-12,14,21,23-24,26-36,38-41H,4-9,13H2,1H3,(H,42,43,44)(H,45,46,47)(H,48,49,50)/t14?,21-,23?,24?,26-,27+,28-,29?,30?,31?,32+,33+/m1/s1. The molecule has 28 heteroatoms. The van der Waals surface area contributed by atoms with Crippen molar-refractivity contribution in [2.45, 2.75) is 80.5 Å². The largest absolute Gasteiger partial charge is 0.507 e. The Morgan fingerprint density at radius 3 is 1.82 bits per heavy atom. The van der Waals surface area contributed by atoms with Gasteiger partial charge in [0.25, 0.3) is 30.4 Å². The molecule has 10 N–H and O–H groups in total. The van der Waals surface area contributed by atoms with Gasteiger partial charge in [0.2, 0.25) is 5.78 Å². The maximum atomic E-state index is 14.3. The van der Waals surface area contributed by atoms with Crippen LogP contribution in [0.15, 0.2) is 30.3 Å². The van der Waals surface area contributed by atoms with Crippen molar-refractivity contribution in [3.05, 3.63) is 41.5 Å². The average Bonchev–Trinajstić information content (AvgIpc) is 3.15. The number of aromatic hydroxyl groups is 1. The van der Waals surface area contributed by atoms with Gasteiger partial charge in [-0.1, -0.05) is 6.07 Å². The Kier molecular flexibility index (Phi) is 15.5. The van der Waals surface area contributed by atoms with Gasteiger partial charge in [0, 0.05) is 12.1 Å². The van der Waals surface area contributed by atoms with Crippen LogP contribution in [-0.2, 0) is 49.3 Å². The molecule has 0 spiro atoms. The Hall–Kier alpha value is -3.56. The third kappa shape index (κ3) is 12.6. The van der Waals surface area contributed by atoms with Crippen LogP contribution in [0.1, 0.15) is 28.9 Å². The topological polar surface area (TPSA) is 396 Å². The van der Waals surface area contributed by atoms with E-state index < -0.39 is 171 Å². The number of phenols is 1. The molecule has 5 rings (SSSR count). The molecule has 3 aliphatic rings. The number of aliphatic hydroxyl groups is 6. The monoisotopic (exact) mass is 936 g/mol. The second-order valence-electron chi connectivity index (χ2n) is 13.9. The summed E-state index contributed by atoms with van der Waals surface area (Å²) in [6, 6.07) is 5.44. The van der Waals surface area contributed by atoms with E-state index in [4.69, 9.17) is 47.0 Å². The Morgan fingerprint density at radius 1 is 0.656 bits per heavy atom. The smallest absolute Gasteiger partial charge is 0.268 e. The zero-order valence-corrected chi connectivity index (χ0v) is 34.0. The van der Waals surface area contributed by atoms with E-state index in [0.717, 1.165) is 24.3 Å². The number of phenolic OH excluding ortho intramolecular Hbond substituents is 1. The molecule has 2 aromatic rings. The first-order valence-electron chi connectivity index (χ1n) is 18.0. The number of carbonyl (C=O) groups is 1. The summed E-state index contributed by atoms with van der Waals surface area (Å²) >= 11 is 0. The summed E-state index contributed by atoms with van der Waals surface area (Å²) in [5.41, 5.74) is -0.642. The summed E-state index contributed by atoms with van der Waals surface area (Å²) in [7, 11) is -13.6.